The zero-order valence-corrected chi connectivity index (χ0v) is 42.0. The molecule has 0 spiro atoms. The van der Waals surface area contributed by atoms with Gasteiger partial charge in [-0.05, 0) is 109 Å². The lowest BCUT2D eigenvalue weighted by Crippen LogP contribution is -2.29. The van der Waals surface area contributed by atoms with E-state index in [0.717, 1.165) is 141 Å². The van der Waals surface area contributed by atoms with E-state index in [0.29, 0.717) is 13.0 Å². The number of phosphoric ester groups is 1. The average Bonchev–Trinajstić information content (AvgIpc) is 3.31. The number of carbonyl (C=O) groups is 1. The Labute approximate surface area is 402 Å². The molecule has 0 aromatic heterocycles. The zero-order valence-electron chi connectivity index (χ0n) is 41.1. The Hall–Kier alpha value is -3.40. The highest BCUT2D eigenvalue weighted by molar-refractivity contribution is 7.47. The lowest BCUT2D eigenvalue weighted by atomic mass is 10.1. The number of rotatable bonds is 46. The van der Waals surface area contributed by atoms with Gasteiger partial charge in [0, 0.05) is 13.0 Å². The highest BCUT2D eigenvalue weighted by Gasteiger charge is 2.26. The van der Waals surface area contributed by atoms with Crippen molar-refractivity contribution in [2.75, 3.05) is 33.0 Å². The molecule has 3 unspecified atom stereocenters. The Morgan fingerprint density at radius 1 is 0.470 bits per heavy atom. The number of unbranched alkanes of at least 4 members (excludes halogenated alkanes) is 10. The standard InChI is InChI=1S/C56H91O9P/c1-3-5-7-9-11-13-15-17-19-21-23-25-26-27-29-31-33-35-37-39-41-43-45-47-49-62-52-55(53-64-66(60,61)63-51-54(58)50-57)65-56(59)48-46-44-42-40-38-36-34-32-30-28-24-22-20-18-16-14-12-10-8-6-4-2/h5-8,11-14,17-20,23-25,27-29,32-35,54-55,57-58H,3-4,9-10,15-16,21-22,26,30-31,36-53H2,1-2H3,(H,60,61)/b7-5-,8-6-,13-11-,14-12-,19-17-,20-18-,25-23-,28-24-,29-27-,34-32-,35-33-. The van der Waals surface area contributed by atoms with Crippen molar-refractivity contribution in [3.8, 4) is 0 Å². The first-order chi connectivity index (χ1) is 32.3. The second kappa shape index (κ2) is 51.0. The molecule has 0 aliphatic rings. The number of ether oxygens (including phenoxy) is 2. The monoisotopic (exact) mass is 939 g/mol. The molecule has 0 saturated carbocycles. The van der Waals surface area contributed by atoms with Crippen molar-refractivity contribution in [1.82, 2.24) is 0 Å². The molecular formula is C56H91O9P. The second-order valence-corrected chi connectivity index (χ2v) is 17.5. The van der Waals surface area contributed by atoms with Crippen LogP contribution in [0.15, 0.2) is 134 Å². The van der Waals surface area contributed by atoms with Crippen LogP contribution in [0.5, 0.6) is 0 Å². The van der Waals surface area contributed by atoms with Gasteiger partial charge in [0.15, 0.2) is 0 Å². The topological polar surface area (TPSA) is 132 Å². The van der Waals surface area contributed by atoms with Crippen molar-refractivity contribution >= 4 is 13.8 Å². The Balaban J connectivity index is 4.23. The molecule has 0 bridgehead atoms. The summed E-state index contributed by atoms with van der Waals surface area (Å²) in [6, 6.07) is 0. The van der Waals surface area contributed by atoms with Crippen molar-refractivity contribution in [2.45, 2.75) is 180 Å². The van der Waals surface area contributed by atoms with Gasteiger partial charge >= 0.3 is 13.8 Å². The van der Waals surface area contributed by atoms with Crippen LogP contribution < -0.4 is 0 Å². The maximum Gasteiger partial charge on any atom is 0.472 e. The summed E-state index contributed by atoms with van der Waals surface area (Å²) in [7, 11) is -4.55. The Morgan fingerprint density at radius 3 is 1.23 bits per heavy atom. The fourth-order valence-electron chi connectivity index (χ4n) is 6.09. The van der Waals surface area contributed by atoms with Gasteiger partial charge in [-0.1, -0.05) is 186 Å². The fraction of sp³-hybridized carbons (Fsp3) is 0.589. The average molecular weight is 939 g/mol. The van der Waals surface area contributed by atoms with Crippen LogP contribution in [0, 0.1) is 0 Å². The van der Waals surface area contributed by atoms with Crippen molar-refractivity contribution in [1.29, 1.82) is 0 Å². The fourth-order valence-corrected chi connectivity index (χ4v) is 6.88. The molecule has 0 fully saturated rings. The number of carbonyl (C=O) groups excluding carboxylic acids is 1. The molecule has 3 atom stereocenters. The maximum atomic E-state index is 12.7. The van der Waals surface area contributed by atoms with E-state index >= 15 is 0 Å². The third kappa shape index (κ3) is 50.0. The molecule has 0 aromatic rings. The van der Waals surface area contributed by atoms with E-state index in [-0.39, 0.29) is 13.0 Å². The number of hydrogen-bond donors (Lipinski definition) is 3. The molecule has 0 heterocycles. The summed E-state index contributed by atoms with van der Waals surface area (Å²) in [4.78, 5) is 22.7. The SMILES string of the molecule is CC/C=C\C/C=C\C/C=C\C/C=C\C/C=C\C/C=C\CCCCCCCOCC(COP(=O)(O)OCC(O)CO)OC(=O)CCCCCCC/C=C\C/C=C\C/C=C\C/C=C\C/C=C\CC. The first-order valence-corrected chi connectivity index (χ1v) is 26.7. The van der Waals surface area contributed by atoms with Gasteiger partial charge < -0.3 is 24.6 Å². The molecule has 10 heteroatoms. The minimum absolute atomic E-state index is 0.0173. The maximum absolute atomic E-state index is 12.7. The van der Waals surface area contributed by atoms with Gasteiger partial charge in [0.2, 0.25) is 0 Å². The smallest absolute Gasteiger partial charge is 0.457 e. The second-order valence-electron chi connectivity index (χ2n) is 16.1. The van der Waals surface area contributed by atoms with Crippen LogP contribution in [-0.4, -0.2) is 66.3 Å². The van der Waals surface area contributed by atoms with Crippen molar-refractivity contribution in [3.05, 3.63) is 134 Å². The van der Waals surface area contributed by atoms with Crippen molar-refractivity contribution in [3.63, 3.8) is 0 Å². The zero-order chi connectivity index (χ0) is 48.1. The molecule has 0 saturated heterocycles. The van der Waals surface area contributed by atoms with Gasteiger partial charge in [-0.2, -0.15) is 0 Å². The highest BCUT2D eigenvalue weighted by atomic mass is 31.2. The predicted octanol–water partition coefficient (Wildman–Crippen LogP) is 14.9. The van der Waals surface area contributed by atoms with Gasteiger partial charge in [0.1, 0.15) is 12.2 Å². The molecule has 0 rings (SSSR count). The van der Waals surface area contributed by atoms with Gasteiger partial charge in [-0.25, -0.2) is 4.57 Å². The molecule has 0 aliphatic carbocycles. The largest absolute Gasteiger partial charge is 0.472 e. The summed E-state index contributed by atoms with van der Waals surface area (Å²) < 4.78 is 33.5. The number of allylic oxidation sites excluding steroid dienone is 22. The van der Waals surface area contributed by atoms with Gasteiger partial charge in [-0.15, -0.1) is 0 Å². The van der Waals surface area contributed by atoms with Crippen LogP contribution >= 0.6 is 7.82 Å². The predicted molar refractivity (Wildman–Crippen MR) is 278 cm³/mol. The summed E-state index contributed by atoms with van der Waals surface area (Å²) >= 11 is 0. The number of esters is 1. The first kappa shape index (κ1) is 62.6. The van der Waals surface area contributed by atoms with Crippen LogP contribution in [-0.2, 0) is 27.9 Å². The molecular weight excluding hydrogens is 848 g/mol. The summed E-state index contributed by atoms with van der Waals surface area (Å²) in [6.45, 7) is 3.18. The third-order valence-electron chi connectivity index (χ3n) is 9.83. The number of aliphatic hydroxyl groups is 2. The van der Waals surface area contributed by atoms with Crippen LogP contribution in [0.25, 0.3) is 0 Å². The molecule has 0 amide bonds. The van der Waals surface area contributed by atoms with E-state index in [2.05, 4.69) is 148 Å². The van der Waals surface area contributed by atoms with Crippen LogP contribution in [0.2, 0.25) is 0 Å². The number of aliphatic hydroxyl groups excluding tert-OH is 2. The van der Waals surface area contributed by atoms with Crippen LogP contribution in [0.3, 0.4) is 0 Å². The highest BCUT2D eigenvalue weighted by Crippen LogP contribution is 2.43. The summed E-state index contributed by atoms with van der Waals surface area (Å²) in [5.74, 6) is -0.415. The summed E-state index contributed by atoms with van der Waals surface area (Å²) in [6.07, 6.45) is 69.8. The van der Waals surface area contributed by atoms with E-state index in [1.165, 1.54) is 0 Å². The third-order valence-corrected chi connectivity index (χ3v) is 10.8. The minimum atomic E-state index is -4.55. The van der Waals surface area contributed by atoms with E-state index in [1.54, 1.807) is 0 Å². The van der Waals surface area contributed by atoms with E-state index in [1.807, 2.05) is 0 Å². The molecule has 0 aromatic carbocycles. The molecule has 0 radical (unpaired) electrons. The Morgan fingerprint density at radius 2 is 0.818 bits per heavy atom. The van der Waals surface area contributed by atoms with Crippen molar-refractivity contribution in [2.24, 2.45) is 0 Å². The Bertz CT molecular complexity index is 1480. The lowest BCUT2D eigenvalue weighted by molar-refractivity contribution is -0.154. The van der Waals surface area contributed by atoms with Gasteiger partial charge in [-0.3, -0.25) is 13.8 Å². The van der Waals surface area contributed by atoms with Crippen LogP contribution in [0.4, 0.5) is 0 Å². The first-order valence-electron chi connectivity index (χ1n) is 25.2. The van der Waals surface area contributed by atoms with Crippen LogP contribution in [0.1, 0.15) is 168 Å². The Kier molecular flexibility index (Phi) is 48.4. The molecule has 0 aliphatic heterocycles. The minimum Gasteiger partial charge on any atom is -0.457 e. The van der Waals surface area contributed by atoms with E-state index in [9.17, 15) is 19.4 Å². The molecule has 3 N–H and O–H groups in total. The summed E-state index contributed by atoms with van der Waals surface area (Å²) in [5.41, 5.74) is 0. The lowest BCUT2D eigenvalue weighted by Gasteiger charge is -2.20. The molecule has 374 valence electrons. The molecule has 66 heavy (non-hydrogen) atoms. The number of hydrogen-bond acceptors (Lipinski definition) is 8. The van der Waals surface area contributed by atoms with E-state index in [4.69, 9.17) is 23.6 Å². The summed E-state index contributed by atoms with van der Waals surface area (Å²) in [5, 5.41) is 18.4. The molecule has 9 nitrogen and oxygen atoms in total. The van der Waals surface area contributed by atoms with Gasteiger partial charge in [0.25, 0.3) is 0 Å². The van der Waals surface area contributed by atoms with Crippen molar-refractivity contribution < 1.29 is 43.0 Å². The normalized spacial score (nSPS) is 14.9. The van der Waals surface area contributed by atoms with Gasteiger partial charge in [0.05, 0.1) is 26.4 Å². The quantitative estimate of drug-likeness (QED) is 0.0236. The van der Waals surface area contributed by atoms with E-state index < -0.39 is 45.8 Å². The number of phosphoric acid groups is 1.